The molecule has 2 aromatic carbocycles. The van der Waals surface area contributed by atoms with Crippen molar-refractivity contribution >= 4 is 41.9 Å². The minimum atomic E-state index is -4.37. The van der Waals surface area contributed by atoms with Gasteiger partial charge >= 0.3 is 11.9 Å². The highest BCUT2D eigenvalue weighted by Crippen LogP contribution is 2.54. The van der Waals surface area contributed by atoms with Crippen molar-refractivity contribution in [3.8, 4) is 0 Å². The second-order valence-electron chi connectivity index (χ2n) is 9.62. The molecule has 2 N–H and O–H groups in total. The van der Waals surface area contributed by atoms with E-state index in [1.807, 2.05) is 13.8 Å². The van der Waals surface area contributed by atoms with Gasteiger partial charge in [0.25, 0.3) is 11.8 Å². The summed E-state index contributed by atoms with van der Waals surface area (Å²) in [5, 5.41) is 11.1. The highest BCUT2D eigenvalue weighted by Gasteiger charge is 2.45. The van der Waals surface area contributed by atoms with Gasteiger partial charge in [0.15, 0.2) is 0 Å². The van der Waals surface area contributed by atoms with Crippen molar-refractivity contribution in [2.45, 2.75) is 52.1 Å². The van der Waals surface area contributed by atoms with Crippen molar-refractivity contribution in [3.05, 3.63) is 47.5 Å². The van der Waals surface area contributed by atoms with Crippen molar-refractivity contribution in [2.75, 3.05) is 12.9 Å². The largest absolute Gasteiger partial charge is 0.481 e. The van der Waals surface area contributed by atoms with Gasteiger partial charge in [0.2, 0.25) is 7.37 Å². The number of aliphatic carboxylic acids is 1. The molecule has 1 aliphatic heterocycles. The second kappa shape index (κ2) is 11.4. The Hall–Kier alpha value is -3.03. The van der Waals surface area contributed by atoms with E-state index in [1.165, 1.54) is 6.92 Å². The van der Waals surface area contributed by atoms with E-state index in [0.29, 0.717) is 23.6 Å². The highest BCUT2D eigenvalue weighted by molar-refractivity contribution is 7.58. The van der Waals surface area contributed by atoms with Gasteiger partial charge in [0.1, 0.15) is 6.29 Å². The molecule has 2 aromatic rings. The lowest BCUT2D eigenvalue weighted by atomic mass is 9.91. The third-order valence-electron chi connectivity index (χ3n) is 6.42. The van der Waals surface area contributed by atoms with Crippen molar-refractivity contribution in [1.82, 2.24) is 4.90 Å². The van der Waals surface area contributed by atoms with Gasteiger partial charge in [-0.1, -0.05) is 38.1 Å². The lowest BCUT2D eigenvalue weighted by Crippen LogP contribution is -2.42. The van der Waals surface area contributed by atoms with Crippen LogP contribution in [-0.4, -0.2) is 57.2 Å². The van der Waals surface area contributed by atoms with Crippen molar-refractivity contribution in [2.24, 2.45) is 11.8 Å². The molecule has 0 aliphatic carbocycles. The number of imide groups is 1. The fourth-order valence-electron chi connectivity index (χ4n) is 4.80. The molecule has 0 saturated heterocycles. The number of carboxylic acids is 1. The molecule has 3 rings (SSSR count). The predicted molar refractivity (Wildman–Crippen MR) is 134 cm³/mol. The standard InChI is InChI=1S/C26H32NO8P/c1-16(2)14-21(26(31)32)22(12-4-5-13-35-17(3)28)36(33,34)15-27-24(29)19-10-6-8-18-9-7-11-20(23(18)19)25(27)30/h6-11,16,21-22H,4-5,12-15H2,1-3H3,(H,31,32)(H,33,34). The zero-order valence-electron chi connectivity index (χ0n) is 20.7. The van der Waals surface area contributed by atoms with Crippen molar-refractivity contribution in [3.63, 3.8) is 0 Å². The van der Waals surface area contributed by atoms with Crippen LogP contribution in [0.4, 0.5) is 0 Å². The van der Waals surface area contributed by atoms with Crippen LogP contribution in [0.5, 0.6) is 0 Å². The molecular formula is C26H32NO8P. The molecule has 1 heterocycles. The molecule has 0 radical (unpaired) electrons. The Balaban J connectivity index is 1.90. The van der Waals surface area contributed by atoms with E-state index in [2.05, 4.69) is 0 Å². The van der Waals surface area contributed by atoms with Crippen LogP contribution < -0.4 is 0 Å². The number of unbranched alkanes of at least 4 members (excludes halogenated alkanes) is 1. The molecular weight excluding hydrogens is 485 g/mol. The fraction of sp³-hybridized carbons (Fsp3) is 0.462. The van der Waals surface area contributed by atoms with Gasteiger partial charge in [-0.05, 0) is 49.1 Å². The molecule has 194 valence electrons. The van der Waals surface area contributed by atoms with Crippen LogP contribution in [0, 0.1) is 11.8 Å². The van der Waals surface area contributed by atoms with Crippen molar-refractivity contribution in [1.29, 1.82) is 0 Å². The van der Waals surface area contributed by atoms with Crippen LogP contribution in [0.1, 0.15) is 67.2 Å². The maximum atomic E-state index is 13.8. The number of carbonyl (C=O) groups excluding carboxylic acids is 3. The number of hydrogen-bond acceptors (Lipinski definition) is 6. The van der Waals surface area contributed by atoms with Crippen LogP contribution >= 0.6 is 7.37 Å². The molecule has 10 heteroatoms. The first-order valence-corrected chi connectivity index (χ1v) is 13.9. The molecule has 36 heavy (non-hydrogen) atoms. The topological polar surface area (TPSA) is 138 Å². The van der Waals surface area contributed by atoms with Gasteiger partial charge in [-0.3, -0.25) is 28.6 Å². The van der Waals surface area contributed by atoms with Crippen LogP contribution in [0.25, 0.3) is 10.8 Å². The Morgan fingerprint density at radius 2 is 1.61 bits per heavy atom. The summed E-state index contributed by atoms with van der Waals surface area (Å²) in [4.78, 5) is 61.7. The summed E-state index contributed by atoms with van der Waals surface area (Å²) >= 11 is 0. The van der Waals surface area contributed by atoms with Gasteiger partial charge in [-0.15, -0.1) is 0 Å². The average molecular weight is 518 g/mol. The van der Waals surface area contributed by atoms with E-state index in [0.717, 1.165) is 4.90 Å². The lowest BCUT2D eigenvalue weighted by molar-refractivity contribution is -0.142. The Morgan fingerprint density at radius 3 is 2.11 bits per heavy atom. The monoisotopic (exact) mass is 517 g/mol. The summed E-state index contributed by atoms with van der Waals surface area (Å²) in [5.74, 6) is -4.20. The van der Waals surface area contributed by atoms with Gasteiger partial charge in [0.05, 0.1) is 18.2 Å². The van der Waals surface area contributed by atoms with Gasteiger partial charge in [-0.2, -0.15) is 0 Å². The number of amides is 2. The first kappa shape index (κ1) is 27.6. The molecule has 9 nitrogen and oxygen atoms in total. The Kier molecular flexibility index (Phi) is 8.69. The first-order chi connectivity index (χ1) is 16.9. The molecule has 0 fully saturated rings. The van der Waals surface area contributed by atoms with Gasteiger partial charge < -0.3 is 14.7 Å². The summed E-state index contributed by atoms with van der Waals surface area (Å²) < 4.78 is 18.7. The van der Waals surface area contributed by atoms with Crippen LogP contribution in [0.2, 0.25) is 0 Å². The maximum Gasteiger partial charge on any atom is 0.307 e. The molecule has 2 amide bonds. The molecule has 3 unspecified atom stereocenters. The number of hydrogen-bond donors (Lipinski definition) is 2. The normalized spacial score (nSPS) is 16.6. The fourth-order valence-corrected chi connectivity index (χ4v) is 7.07. The average Bonchev–Trinajstić information content (AvgIpc) is 2.80. The summed E-state index contributed by atoms with van der Waals surface area (Å²) in [6, 6.07) is 10.1. The molecule has 0 spiro atoms. The second-order valence-corrected chi connectivity index (χ2v) is 12.1. The van der Waals surface area contributed by atoms with Gasteiger partial charge in [0, 0.05) is 23.4 Å². The quantitative estimate of drug-likeness (QED) is 0.181. The van der Waals surface area contributed by atoms with E-state index in [-0.39, 0.29) is 36.5 Å². The third kappa shape index (κ3) is 6.02. The predicted octanol–water partition coefficient (Wildman–Crippen LogP) is 4.51. The number of ether oxygens (including phenoxy) is 1. The Labute approximate surface area is 209 Å². The highest BCUT2D eigenvalue weighted by atomic mass is 31.2. The summed E-state index contributed by atoms with van der Waals surface area (Å²) in [5.41, 5.74) is -0.654. The molecule has 0 aromatic heterocycles. The van der Waals surface area contributed by atoms with Crippen LogP contribution in [-0.2, 0) is 18.9 Å². The van der Waals surface area contributed by atoms with Crippen molar-refractivity contribution < 1.29 is 38.5 Å². The molecule has 0 saturated carbocycles. The van der Waals surface area contributed by atoms with E-state index in [1.54, 1.807) is 36.4 Å². The third-order valence-corrected chi connectivity index (χ3v) is 8.77. The molecule has 1 aliphatic rings. The molecule has 3 atom stereocenters. The number of rotatable bonds is 12. The number of esters is 1. The number of carboxylic acid groups (broad SMARTS) is 1. The Morgan fingerprint density at radius 1 is 1.03 bits per heavy atom. The summed E-state index contributed by atoms with van der Waals surface area (Å²) in [7, 11) is -4.37. The minimum Gasteiger partial charge on any atom is -0.481 e. The van der Waals surface area contributed by atoms with Crippen LogP contribution in [0.3, 0.4) is 0 Å². The molecule has 0 bridgehead atoms. The summed E-state index contributed by atoms with van der Waals surface area (Å²) in [6.45, 7) is 5.04. The minimum absolute atomic E-state index is 0.0580. The van der Waals surface area contributed by atoms with Gasteiger partial charge in [-0.25, -0.2) is 0 Å². The maximum absolute atomic E-state index is 13.8. The number of nitrogens with zero attached hydrogens (tertiary/aromatic N) is 1. The Bertz CT molecular complexity index is 1170. The van der Waals surface area contributed by atoms with E-state index < -0.39 is 49.0 Å². The van der Waals surface area contributed by atoms with Crippen LogP contribution in [0.15, 0.2) is 36.4 Å². The first-order valence-electron chi connectivity index (χ1n) is 12.0. The van der Waals surface area contributed by atoms with E-state index in [9.17, 15) is 33.7 Å². The van der Waals surface area contributed by atoms with E-state index in [4.69, 9.17) is 4.74 Å². The zero-order valence-corrected chi connectivity index (χ0v) is 21.6. The van der Waals surface area contributed by atoms with E-state index >= 15 is 0 Å². The smallest absolute Gasteiger partial charge is 0.307 e. The summed E-state index contributed by atoms with van der Waals surface area (Å²) in [6.07, 6.45) is 0.195. The SMILES string of the molecule is CC(=O)OCCCCC(C(CC(C)C)C(=O)O)P(=O)(O)CN1C(=O)c2cccc3cccc(c23)C1=O. The lowest BCUT2D eigenvalue weighted by Gasteiger charge is -2.34. The zero-order chi connectivity index (χ0) is 26.6. The number of benzene rings is 2. The number of carbonyl (C=O) groups is 4.